The van der Waals surface area contributed by atoms with E-state index < -0.39 is 41.3 Å². The minimum atomic E-state index is -1.10. The Hall–Kier alpha value is -13.7. The molecule has 12 rings (SSSR count). The highest BCUT2D eigenvalue weighted by Crippen LogP contribution is 2.35. The number of esters is 2. The number of pyridine rings is 1. The van der Waals surface area contributed by atoms with Crippen LogP contribution in [0.1, 0.15) is 152 Å². The molecule has 0 aliphatic carbocycles. The van der Waals surface area contributed by atoms with E-state index in [9.17, 15) is 60.0 Å². The van der Waals surface area contributed by atoms with Crippen LogP contribution in [0.25, 0.3) is 44.5 Å². The molecule has 3 amide bonds. The lowest BCUT2D eigenvalue weighted by atomic mass is 9.96. The van der Waals surface area contributed by atoms with Gasteiger partial charge in [-0.1, -0.05) is 54.6 Å². The number of nitriles is 4. The number of carbonyl (C=O) groups excluding carboxylic acids is 5. The SMILES string of the molecule is COC(=O)c1cc(O)cc(-c2ccc(C)cc2C#N)c1.COC(=O)c1cc(OCC2CN(C(=O)OC(C)(C)C)CCO2)cc(-c2ccc(C)cc2C#N)c1.Cc1ccc(-c2cc(OCC3CN(C(=O)OC(C)(C)C)CCO3)cc(C(=O)O)c2)c(C#N)c1.Cc1ccc(-c2cc(OCC3CNCCO3)cc(C(=O)N[C@H](C)c3ccc(C)nc3)c2)c(C#N)c1. The van der Waals surface area contributed by atoms with Gasteiger partial charge < -0.3 is 78.0 Å². The van der Waals surface area contributed by atoms with Crippen molar-refractivity contribution in [1.29, 1.82) is 21.0 Å². The molecule has 4 atom stereocenters. The molecule has 4 N–H and O–H groups in total. The van der Waals surface area contributed by atoms with E-state index in [1.54, 1.807) is 88.8 Å². The molecule has 27 heteroatoms. The highest BCUT2D eigenvalue weighted by molar-refractivity contribution is 5.97. The van der Waals surface area contributed by atoms with Crippen LogP contribution in [-0.2, 0) is 33.2 Å². The third kappa shape index (κ3) is 26.9. The number of nitrogens with zero attached hydrogens (tertiary/aromatic N) is 7. The van der Waals surface area contributed by atoms with E-state index in [0.717, 1.165) is 51.2 Å². The second-order valence-corrected chi connectivity index (χ2v) is 31.3. The fourth-order valence-electron chi connectivity index (χ4n) is 13.0. The van der Waals surface area contributed by atoms with E-state index in [2.05, 4.69) is 44.6 Å². The molecule has 3 aliphatic heterocycles. The average molecular weight is 1660 g/mol. The van der Waals surface area contributed by atoms with Gasteiger partial charge in [0.15, 0.2) is 0 Å². The fraction of sp³-hybridized carbons (Fsp3) is 0.337. The number of methoxy groups -OCH3 is 2. The van der Waals surface area contributed by atoms with Gasteiger partial charge in [-0.3, -0.25) is 9.78 Å². The number of carboxylic acids is 1. The van der Waals surface area contributed by atoms with Crippen LogP contribution in [0.2, 0.25) is 0 Å². The first-order chi connectivity index (χ1) is 58.1. The summed E-state index contributed by atoms with van der Waals surface area (Å²) < 4.78 is 55.5. The topological polar surface area (TPSA) is 374 Å². The van der Waals surface area contributed by atoms with Crippen LogP contribution >= 0.6 is 0 Å². The summed E-state index contributed by atoms with van der Waals surface area (Å²) in [5.74, 6) is -1.10. The zero-order chi connectivity index (χ0) is 88.5. The van der Waals surface area contributed by atoms with Gasteiger partial charge in [0.25, 0.3) is 5.91 Å². The lowest BCUT2D eigenvalue weighted by molar-refractivity contribution is -0.0558. The Bertz CT molecular complexity index is 5450. The normalized spacial score (nSPS) is 15.0. The zero-order valence-electron chi connectivity index (χ0n) is 70.9. The number of carbonyl (C=O) groups is 6. The van der Waals surface area contributed by atoms with Crippen LogP contribution in [0, 0.1) is 79.9 Å². The maximum atomic E-state index is 13.3. The van der Waals surface area contributed by atoms with Gasteiger partial charge in [-0.05, 0) is 259 Å². The Balaban J connectivity index is 0.000000188. The Morgan fingerprint density at radius 2 is 0.877 bits per heavy atom. The van der Waals surface area contributed by atoms with Crippen molar-refractivity contribution in [1.82, 2.24) is 25.4 Å². The van der Waals surface area contributed by atoms with Gasteiger partial charge >= 0.3 is 30.1 Å². The molecular weight excluding hydrogens is 1560 g/mol. The molecule has 0 saturated carbocycles. The molecule has 0 bridgehead atoms. The molecule has 8 aromatic carbocycles. The molecule has 0 spiro atoms. The Morgan fingerprint density at radius 3 is 1.25 bits per heavy atom. The summed E-state index contributed by atoms with van der Waals surface area (Å²) in [5, 5.41) is 63.6. The number of aryl methyl sites for hydroxylation is 5. The van der Waals surface area contributed by atoms with E-state index in [1.807, 2.05) is 144 Å². The number of nitrogens with one attached hydrogen (secondary N) is 2. The maximum absolute atomic E-state index is 13.3. The van der Waals surface area contributed by atoms with E-state index in [0.29, 0.717) is 143 Å². The number of benzene rings is 8. The number of ether oxygens (including phenoxy) is 10. The maximum Gasteiger partial charge on any atom is 0.410 e. The number of phenols is 1. The molecule has 3 unspecified atom stereocenters. The van der Waals surface area contributed by atoms with Gasteiger partial charge in [0.05, 0.1) is 116 Å². The summed E-state index contributed by atoms with van der Waals surface area (Å²) in [6, 6.07) is 54.0. The van der Waals surface area contributed by atoms with Crippen molar-refractivity contribution in [3.8, 4) is 91.8 Å². The summed E-state index contributed by atoms with van der Waals surface area (Å²) in [6.45, 7) is 27.4. The van der Waals surface area contributed by atoms with E-state index in [1.165, 1.54) is 38.5 Å². The van der Waals surface area contributed by atoms with Gasteiger partial charge in [-0.15, -0.1) is 0 Å². The number of aromatic hydroxyl groups is 1. The zero-order valence-corrected chi connectivity index (χ0v) is 70.9. The predicted octanol–water partition coefficient (Wildman–Crippen LogP) is 15.7. The summed E-state index contributed by atoms with van der Waals surface area (Å²) in [6.07, 6.45) is 0.161. The monoisotopic (exact) mass is 1660 g/mol. The fourth-order valence-corrected chi connectivity index (χ4v) is 13.0. The Labute approximate surface area is 710 Å². The van der Waals surface area contributed by atoms with Crippen LogP contribution in [0.5, 0.6) is 23.0 Å². The molecule has 3 fully saturated rings. The van der Waals surface area contributed by atoms with Crippen molar-refractivity contribution in [2.75, 3.05) is 93.1 Å². The number of hydrogen-bond acceptors (Lipinski definition) is 23. The van der Waals surface area contributed by atoms with Crippen molar-refractivity contribution in [2.45, 2.75) is 119 Å². The van der Waals surface area contributed by atoms with Crippen molar-refractivity contribution in [3.05, 3.63) is 242 Å². The van der Waals surface area contributed by atoms with Crippen molar-refractivity contribution in [3.63, 3.8) is 0 Å². The quantitative estimate of drug-likeness (QED) is 0.0431. The molecule has 634 valence electrons. The van der Waals surface area contributed by atoms with Gasteiger partial charge in [0.2, 0.25) is 0 Å². The van der Waals surface area contributed by atoms with Crippen molar-refractivity contribution >= 4 is 36.0 Å². The van der Waals surface area contributed by atoms with Crippen LogP contribution in [-0.4, -0.2) is 184 Å². The van der Waals surface area contributed by atoms with Gasteiger partial charge in [-0.2, -0.15) is 21.0 Å². The molecule has 3 aliphatic rings. The molecule has 122 heavy (non-hydrogen) atoms. The number of aromatic carboxylic acids is 1. The second-order valence-electron chi connectivity index (χ2n) is 31.3. The summed E-state index contributed by atoms with van der Waals surface area (Å²) >= 11 is 0. The van der Waals surface area contributed by atoms with Crippen LogP contribution < -0.4 is 24.8 Å². The molecule has 1 aromatic heterocycles. The summed E-state index contributed by atoms with van der Waals surface area (Å²) in [5.41, 5.74) is 12.9. The summed E-state index contributed by atoms with van der Waals surface area (Å²) in [7, 11) is 2.59. The third-order valence-corrected chi connectivity index (χ3v) is 19.1. The van der Waals surface area contributed by atoms with E-state index in [4.69, 9.17) is 42.6 Å². The molecule has 3 saturated heterocycles. The molecule has 9 aromatic rings. The van der Waals surface area contributed by atoms with Crippen LogP contribution in [0.15, 0.2) is 164 Å². The number of rotatable bonds is 19. The first-order valence-corrected chi connectivity index (χ1v) is 39.5. The first-order valence-electron chi connectivity index (χ1n) is 39.5. The lowest BCUT2D eigenvalue weighted by Crippen LogP contribution is -2.49. The minimum Gasteiger partial charge on any atom is -0.508 e. The van der Waals surface area contributed by atoms with E-state index >= 15 is 0 Å². The second kappa shape index (κ2) is 42.8. The molecule has 27 nitrogen and oxygen atoms in total. The van der Waals surface area contributed by atoms with Gasteiger partial charge in [-0.25, -0.2) is 24.0 Å². The largest absolute Gasteiger partial charge is 0.508 e. The first kappa shape index (κ1) is 92.2. The lowest BCUT2D eigenvalue weighted by Gasteiger charge is -2.34. The number of phenolic OH excluding ortho intramolecular Hbond substituents is 1. The van der Waals surface area contributed by atoms with Crippen molar-refractivity contribution in [2.24, 2.45) is 0 Å². The predicted molar refractivity (Wildman–Crippen MR) is 456 cm³/mol. The smallest absolute Gasteiger partial charge is 0.410 e. The van der Waals surface area contributed by atoms with Crippen LogP contribution in [0.4, 0.5) is 9.59 Å². The van der Waals surface area contributed by atoms with Gasteiger partial charge in [0, 0.05) is 43.6 Å². The Kier molecular flexibility index (Phi) is 32.4. The Morgan fingerprint density at radius 1 is 0.500 bits per heavy atom. The standard InChI is InChI=1S/C28H30N4O3.C26H30N2O6.C25H28N2O6.C16H13NO3/c1-18-4-7-27(24(10-18)14-29)22-11-23(13-25(12-22)35-17-26-16-30-8-9-34-26)28(33)32-20(3)21-6-5-19(2)31-15-21;1-17-6-7-23(20(10-17)14-27)18-11-19(24(29)31-5)13-21(12-18)33-16-22-15-28(8-9-32-22)25(30)34-26(2,3)4;1-16-5-6-22(19(9-16)13-26)17-10-18(23(28)29)12-20(11-17)32-15-21-14-27(7-8-31-21)24(30)33-25(2,3)4;1-10-3-4-15(13(5-10)9-17)11-6-12(16(19)20-2)8-14(18)7-11/h4-7,10-13,15,20,26,30H,8-9,16-17H2,1-3H3,(H,32,33);6-7,10-13,22H,8-9,15-16H2,1-5H3;5-6,9-12,21H,7-8,14-15H2,1-4H3,(H,28,29);3-8,18H,1-2H3/t20-,26?;;;/m1.../s1. The minimum absolute atomic E-state index is 0.0481. The number of hydrogen-bond donors (Lipinski definition) is 4. The van der Waals surface area contributed by atoms with E-state index in [-0.39, 0.29) is 60.3 Å². The number of morpholine rings is 3. The average Bonchev–Trinajstić information content (AvgIpc) is 0.823. The van der Waals surface area contributed by atoms with Gasteiger partial charge in [0.1, 0.15) is 72.3 Å². The van der Waals surface area contributed by atoms with Crippen molar-refractivity contribution < 1.29 is 86.3 Å². The summed E-state index contributed by atoms with van der Waals surface area (Å²) in [4.78, 5) is 81.0. The highest BCUT2D eigenvalue weighted by Gasteiger charge is 2.32. The number of aromatic nitrogens is 1. The van der Waals surface area contributed by atoms with Crippen LogP contribution in [0.3, 0.4) is 0 Å². The molecular formula is C95H101N9O18. The molecule has 4 heterocycles. The highest BCUT2D eigenvalue weighted by atomic mass is 16.6. The number of amides is 3. The molecule has 0 radical (unpaired) electrons. The number of carboxylic acid groups (broad SMARTS) is 1. The third-order valence-electron chi connectivity index (χ3n) is 19.1.